The summed E-state index contributed by atoms with van der Waals surface area (Å²) in [5, 5.41) is 1.34. The number of halogens is 1. The minimum absolute atomic E-state index is 0.00683. The van der Waals surface area contributed by atoms with Gasteiger partial charge in [-0.1, -0.05) is 23.7 Å². The van der Waals surface area contributed by atoms with Crippen LogP contribution in [-0.2, 0) is 0 Å². The first kappa shape index (κ1) is 13.2. The second kappa shape index (κ2) is 5.27. The first-order valence-electron chi connectivity index (χ1n) is 6.05. The fourth-order valence-corrected chi connectivity index (χ4v) is 3.29. The molecule has 0 unspecified atom stereocenters. The Kier molecular flexibility index (Phi) is 3.47. The van der Waals surface area contributed by atoms with Crippen LogP contribution < -0.4 is 10.2 Å². The average molecular weight is 303 g/mol. The predicted molar refractivity (Wildman–Crippen MR) is 85.1 cm³/mol. The summed E-state index contributed by atoms with van der Waals surface area (Å²) >= 11 is 7.57. The van der Waals surface area contributed by atoms with Crippen molar-refractivity contribution in [2.45, 2.75) is 0 Å². The molecular weight excluding hydrogens is 292 g/mol. The van der Waals surface area contributed by atoms with Crippen LogP contribution in [0.3, 0.4) is 0 Å². The molecule has 1 aromatic heterocycles. The van der Waals surface area contributed by atoms with Gasteiger partial charge in [0.25, 0.3) is 0 Å². The molecule has 100 valence electrons. The molecule has 0 N–H and O–H groups in total. The van der Waals surface area contributed by atoms with Crippen molar-refractivity contribution in [3.05, 3.63) is 63.8 Å². The van der Waals surface area contributed by atoms with Gasteiger partial charge in [0, 0.05) is 26.1 Å². The molecule has 20 heavy (non-hydrogen) atoms. The Bertz CT molecular complexity index is 839. The van der Waals surface area contributed by atoms with E-state index in [2.05, 4.69) is 0 Å². The highest BCUT2D eigenvalue weighted by Gasteiger charge is 2.06. The standard InChI is InChI=1S/C16H11ClO2S/c1-19-12-5-6-15-13(8-12)14(18)9-16(20-15)10-3-2-4-11(17)7-10/h2-9H,1H3. The molecule has 0 aliphatic heterocycles. The van der Waals surface area contributed by atoms with Gasteiger partial charge in [-0.2, -0.15) is 0 Å². The van der Waals surface area contributed by atoms with E-state index in [9.17, 15) is 4.79 Å². The average Bonchev–Trinajstić information content (AvgIpc) is 2.47. The van der Waals surface area contributed by atoms with Gasteiger partial charge in [0.05, 0.1) is 7.11 Å². The Balaban J connectivity index is 2.22. The van der Waals surface area contributed by atoms with Gasteiger partial charge in [0.2, 0.25) is 0 Å². The maximum Gasteiger partial charge on any atom is 0.188 e. The van der Waals surface area contributed by atoms with Crippen LogP contribution in [0.15, 0.2) is 53.3 Å². The highest BCUT2D eigenvalue weighted by atomic mass is 35.5. The molecule has 0 atom stereocenters. The van der Waals surface area contributed by atoms with Crippen molar-refractivity contribution >= 4 is 33.0 Å². The van der Waals surface area contributed by atoms with Crippen molar-refractivity contribution < 1.29 is 4.74 Å². The molecule has 0 aliphatic carbocycles. The van der Waals surface area contributed by atoms with Crippen LogP contribution >= 0.6 is 22.9 Å². The highest BCUT2D eigenvalue weighted by Crippen LogP contribution is 2.30. The zero-order chi connectivity index (χ0) is 14.1. The molecule has 0 saturated carbocycles. The fraction of sp³-hybridized carbons (Fsp3) is 0.0625. The van der Waals surface area contributed by atoms with Crippen LogP contribution in [0.2, 0.25) is 5.02 Å². The van der Waals surface area contributed by atoms with Crippen LogP contribution in [0.1, 0.15) is 0 Å². The summed E-state index contributed by atoms with van der Waals surface area (Å²) < 4.78 is 6.09. The molecule has 0 amide bonds. The number of methoxy groups -OCH3 is 1. The number of fused-ring (bicyclic) bond motifs is 1. The summed E-state index contributed by atoms with van der Waals surface area (Å²) in [5.74, 6) is 0.692. The molecule has 0 radical (unpaired) electrons. The van der Waals surface area contributed by atoms with Crippen molar-refractivity contribution in [3.8, 4) is 16.2 Å². The Morgan fingerprint density at radius 2 is 1.95 bits per heavy atom. The largest absolute Gasteiger partial charge is 0.497 e. The maximum atomic E-state index is 12.2. The van der Waals surface area contributed by atoms with Crippen molar-refractivity contribution in [2.75, 3.05) is 7.11 Å². The van der Waals surface area contributed by atoms with Crippen molar-refractivity contribution in [2.24, 2.45) is 0 Å². The van der Waals surface area contributed by atoms with Crippen LogP contribution in [0.4, 0.5) is 0 Å². The van der Waals surface area contributed by atoms with E-state index in [0.29, 0.717) is 16.2 Å². The quantitative estimate of drug-likeness (QED) is 0.692. The highest BCUT2D eigenvalue weighted by molar-refractivity contribution is 7.21. The minimum Gasteiger partial charge on any atom is -0.497 e. The minimum atomic E-state index is -0.00683. The van der Waals surface area contributed by atoms with Crippen LogP contribution in [0.5, 0.6) is 5.75 Å². The summed E-state index contributed by atoms with van der Waals surface area (Å²) in [6, 6.07) is 14.7. The van der Waals surface area contributed by atoms with Gasteiger partial charge < -0.3 is 4.74 Å². The zero-order valence-electron chi connectivity index (χ0n) is 10.7. The predicted octanol–water partition coefficient (Wildman–Crippen LogP) is 4.59. The van der Waals surface area contributed by atoms with E-state index in [0.717, 1.165) is 15.1 Å². The molecule has 0 spiro atoms. The topological polar surface area (TPSA) is 26.3 Å². The first-order chi connectivity index (χ1) is 9.67. The third-order valence-corrected chi connectivity index (χ3v) is 4.43. The van der Waals surface area contributed by atoms with E-state index < -0.39 is 0 Å². The maximum absolute atomic E-state index is 12.2. The molecule has 0 aliphatic rings. The molecule has 0 bridgehead atoms. The molecule has 4 heteroatoms. The number of ether oxygens (including phenoxy) is 1. The van der Waals surface area contributed by atoms with Gasteiger partial charge in [-0.25, -0.2) is 0 Å². The Morgan fingerprint density at radius 3 is 2.70 bits per heavy atom. The van der Waals surface area contributed by atoms with E-state index >= 15 is 0 Å². The van der Waals surface area contributed by atoms with Crippen molar-refractivity contribution in [3.63, 3.8) is 0 Å². The zero-order valence-corrected chi connectivity index (χ0v) is 12.3. The molecule has 3 aromatic rings. The lowest BCUT2D eigenvalue weighted by Gasteiger charge is -2.05. The molecule has 0 saturated heterocycles. The number of benzene rings is 2. The lowest BCUT2D eigenvalue weighted by molar-refractivity contribution is 0.415. The number of hydrogen-bond acceptors (Lipinski definition) is 3. The van der Waals surface area contributed by atoms with Gasteiger partial charge in [-0.05, 0) is 35.9 Å². The molecular formula is C16H11ClO2S. The summed E-state index contributed by atoms with van der Waals surface area (Å²) in [5.41, 5.74) is 0.949. The SMILES string of the molecule is COc1ccc2sc(-c3cccc(Cl)c3)cc(=O)c2c1. The fourth-order valence-electron chi connectivity index (χ4n) is 2.05. The van der Waals surface area contributed by atoms with Gasteiger partial charge in [0.1, 0.15) is 5.75 Å². The summed E-state index contributed by atoms with van der Waals surface area (Å²) in [7, 11) is 1.59. The van der Waals surface area contributed by atoms with E-state index in [4.69, 9.17) is 16.3 Å². The number of hydrogen-bond donors (Lipinski definition) is 0. The summed E-state index contributed by atoms with van der Waals surface area (Å²) in [4.78, 5) is 13.2. The second-order valence-electron chi connectivity index (χ2n) is 4.35. The van der Waals surface area contributed by atoms with Crippen molar-refractivity contribution in [1.29, 1.82) is 0 Å². The lowest BCUT2D eigenvalue weighted by Crippen LogP contribution is -1.99. The van der Waals surface area contributed by atoms with Crippen LogP contribution in [0.25, 0.3) is 20.5 Å². The second-order valence-corrected chi connectivity index (χ2v) is 5.87. The van der Waals surface area contributed by atoms with Gasteiger partial charge in [-0.3, -0.25) is 4.79 Å². The van der Waals surface area contributed by atoms with Gasteiger partial charge in [0.15, 0.2) is 5.43 Å². The van der Waals surface area contributed by atoms with Crippen LogP contribution in [-0.4, -0.2) is 7.11 Å². The Morgan fingerprint density at radius 1 is 1.10 bits per heavy atom. The molecule has 2 aromatic carbocycles. The molecule has 0 fully saturated rings. The first-order valence-corrected chi connectivity index (χ1v) is 7.24. The molecule has 1 heterocycles. The van der Waals surface area contributed by atoms with Gasteiger partial charge >= 0.3 is 0 Å². The Hall–Kier alpha value is -1.84. The smallest absolute Gasteiger partial charge is 0.188 e. The third-order valence-electron chi connectivity index (χ3n) is 3.04. The lowest BCUT2D eigenvalue weighted by atomic mass is 10.1. The normalized spacial score (nSPS) is 10.7. The van der Waals surface area contributed by atoms with E-state index in [1.165, 1.54) is 0 Å². The monoisotopic (exact) mass is 302 g/mol. The van der Waals surface area contributed by atoms with Crippen molar-refractivity contribution in [1.82, 2.24) is 0 Å². The molecule has 3 rings (SSSR count). The van der Waals surface area contributed by atoms with E-state index in [1.807, 2.05) is 36.4 Å². The summed E-state index contributed by atoms with van der Waals surface area (Å²) in [6.45, 7) is 0. The summed E-state index contributed by atoms with van der Waals surface area (Å²) in [6.07, 6.45) is 0. The molecule has 2 nitrogen and oxygen atoms in total. The number of rotatable bonds is 2. The van der Waals surface area contributed by atoms with E-state index in [1.54, 1.807) is 30.6 Å². The van der Waals surface area contributed by atoms with Gasteiger partial charge in [-0.15, -0.1) is 11.3 Å². The third kappa shape index (κ3) is 2.42. The Labute approximate surface area is 125 Å². The van der Waals surface area contributed by atoms with E-state index in [-0.39, 0.29) is 5.43 Å². The van der Waals surface area contributed by atoms with Crippen LogP contribution in [0, 0.1) is 0 Å².